The number of aromatic amines is 1. The van der Waals surface area contributed by atoms with Gasteiger partial charge < -0.3 is 10.1 Å². The maximum atomic E-state index is 10.9. The summed E-state index contributed by atoms with van der Waals surface area (Å²) >= 11 is 2.84. The maximum Gasteiger partial charge on any atom is 0.357 e. The summed E-state index contributed by atoms with van der Waals surface area (Å²) in [6.45, 7) is 0. The van der Waals surface area contributed by atoms with Crippen LogP contribution in [0.4, 0.5) is 5.82 Å². The first-order chi connectivity index (χ1) is 6.07. The molecule has 0 saturated carbocycles. The average Bonchev–Trinajstić information content (AvgIpc) is 2.46. The van der Waals surface area contributed by atoms with Crippen molar-refractivity contribution in [3.05, 3.63) is 20.3 Å². The van der Waals surface area contributed by atoms with Gasteiger partial charge in [0.1, 0.15) is 4.47 Å². The van der Waals surface area contributed by atoms with E-state index < -0.39 is 16.6 Å². The number of nitrogens with zero attached hydrogens (tertiary/aromatic N) is 2. The zero-order valence-electron chi connectivity index (χ0n) is 6.07. The van der Waals surface area contributed by atoms with E-state index in [0.29, 0.717) is 0 Å². The van der Waals surface area contributed by atoms with Crippen molar-refractivity contribution in [2.24, 2.45) is 5.84 Å². The van der Waals surface area contributed by atoms with Crippen molar-refractivity contribution >= 4 is 27.7 Å². The molecule has 70 valence electrons. The molecule has 1 aromatic heterocycles. The van der Waals surface area contributed by atoms with Crippen LogP contribution in [0.2, 0.25) is 0 Å². The Morgan fingerprint density at radius 1 is 1.77 bits per heavy atom. The van der Waals surface area contributed by atoms with Gasteiger partial charge in [0.05, 0.1) is 0 Å². The van der Waals surface area contributed by atoms with Gasteiger partial charge in [-0.3, -0.25) is 10.2 Å². The van der Waals surface area contributed by atoms with Crippen LogP contribution in [0, 0.1) is 10.1 Å². The van der Waals surface area contributed by atoms with Gasteiger partial charge in [-0.05, 0) is 20.9 Å². The van der Waals surface area contributed by atoms with Crippen LogP contribution < -0.4 is 11.3 Å². The third-order valence-corrected chi connectivity index (χ3v) is 1.97. The lowest BCUT2D eigenvalue weighted by atomic mass is 10.4. The maximum absolute atomic E-state index is 10.9. The molecule has 0 bridgehead atoms. The highest BCUT2D eigenvalue weighted by molar-refractivity contribution is 9.10. The Morgan fingerprint density at radius 3 is 2.77 bits per heavy atom. The van der Waals surface area contributed by atoms with Crippen LogP contribution >= 0.6 is 15.9 Å². The van der Waals surface area contributed by atoms with E-state index in [1.54, 1.807) is 5.43 Å². The van der Waals surface area contributed by atoms with Gasteiger partial charge >= 0.3 is 5.82 Å². The number of hydrazine groups is 1. The van der Waals surface area contributed by atoms with Gasteiger partial charge in [-0.1, -0.05) is 5.10 Å². The molecule has 0 aromatic carbocycles. The molecule has 1 amide bonds. The van der Waals surface area contributed by atoms with Crippen molar-refractivity contribution in [1.82, 2.24) is 15.6 Å². The fraction of sp³-hybridized carbons (Fsp3) is 0. The molecule has 1 heterocycles. The van der Waals surface area contributed by atoms with Crippen molar-refractivity contribution in [3.63, 3.8) is 0 Å². The molecule has 0 radical (unpaired) electrons. The van der Waals surface area contributed by atoms with Crippen LogP contribution in [0.25, 0.3) is 0 Å². The number of hydrogen-bond donors (Lipinski definition) is 3. The summed E-state index contributed by atoms with van der Waals surface area (Å²) in [5.74, 6) is 3.71. The number of nitrogens with two attached hydrogens (primary N) is 1. The topological polar surface area (TPSA) is 127 Å². The highest BCUT2D eigenvalue weighted by Gasteiger charge is 2.23. The van der Waals surface area contributed by atoms with Crippen LogP contribution in [0.3, 0.4) is 0 Å². The SMILES string of the molecule is NNC(=O)c1n[nH]c([N+](=O)[O-])c1Br. The first-order valence-electron chi connectivity index (χ1n) is 2.97. The van der Waals surface area contributed by atoms with E-state index in [1.165, 1.54) is 0 Å². The second-order valence-electron chi connectivity index (χ2n) is 1.97. The van der Waals surface area contributed by atoms with Gasteiger partial charge in [-0.25, -0.2) is 5.84 Å². The monoisotopic (exact) mass is 249 g/mol. The molecule has 1 rings (SSSR count). The van der Waals surface area contributed by atoms with Gasteiger partial charge in [0.2, 0.25) is 0 Å². The Labute approximate surface area is 79.7 Å². The van der Waals surface area contributed by atoms with Crippen LogP contribution in [-0.2, 0) is 0 Å². The molecular formula is C4H4BrN5O3. The number of carbonyl (C=O) groups is 1. The minimum absolute atomic E-state index is 0.0274. The van der Waals surface area contributed by atoms with Crippen molar-refractivity contribution < 1.29 is 9.72 Å². The summed E-state index contributed by atoms with van der Waals surface area (Å²) in [6, 6.07) is 0. The molecule has 0 aliphatic rings. The zero-order chi connectivity index (χ0) is 10.0. The number of aromatic nitrogens is 2. The quantitative estimate of drug-likeness (QED) is 0.287. The van der Waals surface area contributed by atoms with E-state index >= 15 is 0 Å². The molecule has 0 fully saturated rings. The molecule has 1 aromatic rings. The summed E-state index contributed by atoms with van der Waals surface area (Å²) in [5.41, 5.74) is 1.64. The van der Waals surface area contributed by atoms with E-state index in [4.69, 9.17) is 5.84 Å². The third kappa shape index (κ3) is 1.65. The molecule has 0 atom stereocenters. The molecule has 8 nitrogen and oxygen atoms in total. The molecule has 4 N–H and O–H groups in total. The summed E-state index contributed by atoms with van der Waals surface area (Å²) in [4.78, 5) is 20.5. The van der Waals surface area contributed by atoms with E-state index in [9.17, 15) is 14.9 Å². The number of nitro groups is 1. The van der Waals surface area contributed by atoms with Gasteiger partial charge in [-0.15, -0.1) is 5.10 Å². The normalized spacial score (nSPS) is 9.69. The number of rotatable bonds is 2. The Kier molecular flexibility index (Phi) is 2.58. The van der Waals surface area contributed by atoms with Gasteiger partial charge in [0, 0.05) is 0 Å². The molecule has 0 saturated heterocycles. The zero-order valence-corrected chi connectivity index (χ0v) is 7.66. The van der Waals surface area contributed by atoms with E-state index in [-0.39, 0.29) is 10.2 Å². The summed E-state index contributed by atoms with van der Waals surface area (Å²) in [5, 5.41) is 15.8. The predicted molar refractivity (Wildman–Crippen MR) is 44.6 cm³/mol. The first kappa shape index (κ1) is 9.61. The Bertz CT molecular complexity index is 361. The summed E-state index contributed by atoms with van der Waals surface area (Å²) in [6.07, 6.45) is 0. The Hall–Kier alpha value is -1.48. The van der Waals surface area contributed by atoms with Crippen molar-refractivity contribution in [2.45, 2.75) is 0 Å². The number of carbonyl (C=O) groups excluding carboxylic acids is 1. The fourth-order valence-electron chi connectivity index (χ4n) is 0.659. The molecule has 9 heteroatoms. The lowest BCUT2D eigenvalue weighted by Gasteiger charge is -1.92. The van der Waals surface area contributed by atoms with E-state index in [0.717, 1.165) is 0 Å². The molecule has 0 spiro atoms. The third-order valence-electron chi connectivity index (χ3n) is 1.22. The number of nitrogen functional groups attached to an aromatic ring is 1. The molecule has 13 heavy (non-hydrogen) atoms. The van der Waals surface area contributed by atoms with Gasteiger partial charge in [0.15, 0.2) is 5.69 Å². The standard InChI is InChI=1S/C4H4BrN5O3/c5-1-2(4(11)7-6)8-9-3(1)10(12)13/h6H2,(H,7,11)(H,8,9). The number of hydrogen-bond acceptors (Lipinski definition) is 5. The number of nitrogens with one attached hydrogen (secondary N) is 2. The molecular weight excluding hydrogens is 246 g/mol. The largest absolute Gasteiger partial charge is 0.358 e. The van der Waals surface area contributed by atoms with Crippen LogP contribution in [0.1, 0.15) is 10.5 Å². The second-order valence-corrected chi connectivity index (χ2v) is 2.76. The highest BCUT2D eigenvalue weighted by Crippen LogP contribution is 2.24. The predicted octanol–water partition coefficient (Wildman–Crippen LogP) is -0.316. The first-order valence-corrected chi connectivity index (χ1v) is 3.76. The summed E-state index contributed by atoms with van der Waals surface area (Å²) in [7, 11) is 0. The highest BCUT2D eigenvalue weighted by atomic mass is 79.9. The van der Waals surface area contributed by atoms with Crippen molar-refractivity contribution in [3.8, 4) is 0 Å². The number of H-pyrrole nitrogens is 1. The molecule has 0 unspecified atom stereocenters. The second kappa shape index (κ2) is 3.49. The minimum atomic E-state index is -0.712. The summed E-state index contributed by atoms with van der Waals surface area (Å²) < 4.78 is -0.0274. The van der Waals surface area contributed by atoms with Crippen LogP contribution in [0.5, 0.6) is 0 Å². The fourth-order valence-corrected chi connectivity index (χ4v) is 1.16. The van der Waals surface area contributed by atoms with Gasteiger partial charge in [-0.2, -0.15) is 0 Å². The lowest BCUT2D eigenvalue weighted by molar-refractivity contribution is -0.390. The van der Waals surface area contributed by atoms with Crippen LogP contribution in [-0.4, -0.2) is 21.0 Å². The van der Waals surface area contributed by atoms with E-state index in [2.05, 4.69) is 26.1 Å². The number of amides is 1. The Morgan fingerprint density at radius 2 is 2.38 bits per heavy atom. The van der Waals surface area contributed by atoms with Crippen LogP contribution in [0.15, 0.2) is 4.47 Å². The molecule has 0 aliphatic carbocycles. The van der Waals surface area contributed by atoms with Crippen molar-refractivity contribution in [2.75, 3.05) is 0 Å². The lowest BCUT2D eigenvalue weighted by Crippen LogP contribution is -2.30. The minimum Gasteiger partial charge on any atom is -0.358 e. The molecule has 0 aliphatic heterocycles. The Balaban J connectivity index is 3.13. The number of halogens is 1. The smallest absolute Gasteiger partial charge is 0.357 e. The average molecular weight is 250 g/mol. The van der Waals surface area contributed by atoms with E-state index in [1.807, 2.05) is 0 Å². The van der Waals surface area contributed by atoms with Crippen molar-refractivity contribution in [1.29, 1.82) is 0 Å². The van der Waals surface area contributed by atoms with Gasteiger partial charge in [0.25, 0.3) is 5.91 Å².